The summed E-state index contributed by atoms with van der Waals surface area (Å²) in [5, 5.41) is 3.66. The molecule has 0 radical (unpaired) electrons. The number of thiocarbonyl (C=S) groups is 1. The first kappa shape index (κ1) is 7.35. The Kier molecular flexibility index (Phi) is 1.75. The number of rotatable bonds is 1. The minimum absolute atomic E-state index is 0.475. The Balaban J connectivity index is 1.92. The fraction of sp³-hybridized carbons (Fsp3) is 0.875. The zero-order chi connectivity index (χ0) is 7.84. The van der Waals surface area contributed by atoms with Gasteiger partial charge in [-0.15, -0.1) is 0 Å². The Morgan fingerprint density at radius 1 is 1.36 bits per heavy atom. The van der Waals surface area contributed by atoms with Crippen molar-refractivity contribution in [1.29, 1.82) is 0 Å². The van der Waals surface area contributed by atoms with E-state index < -0.39 is 0 Å². The molecule has 3 atom stereocenters. The van der Waals surface area contributed by atoms with E-state index in [1.807, 2.05) is 0 Å². The van der Waals surface area contributed by atoms with Gasteiger partial charge in [-0.3, -0.25) is 0 Å². The minimum atomic E-state index is 0.475. The molecule has 3 unspecified atom stereocenters. The van der Waals surface area contributed by atoms with E-state index in [4.69, 9.17) is 18.0 Å². The van der Waals surface area contributed by atoms with E-state index in [-0.39, 0.29) is 0 Å². The molecule has 2 bridgehead atoms. The number of nitrogens with two attached hydrogens (primary N) is 1. The molecule has 62 valence electrons. The summed E-state index contributed by atoms with van der Waals surface area (Å²) in [5.41, 5.74) is 5.42. The molecule has 2 aliphatic carbocycles. The van der Waals surface area contributed by atoms with Gasteiger partial charge in [-0.2, -0.15) is 0 Å². The maximum absolute atomic E-state index is 5.42. The van der Waals surface area contributed by atoms with E-state index in [0.717, 1.165) is 11.8 Å². The SMILES string of the molecule is NC(=S)NC1CC2CCC1C2. The van der Waals surface area contributed by atoms with Crippen molar-refractivity contribution in [2.75, 3.05) is 0 Å². The predicted octanol–water partition coefficient (Wildman–Crippen LogP) is 1.01. The molecule has 0 heterocycles. The van der Waals surface area contributed by atoms with Gasteiger partial charge in [-0.05, 0) is 43.3 Å². The summed E-state index contributed by atoms with van der Waals surface area (Å²) < 4.78 is 0. The van der Waals surface area contributed by atoms with Gasteiger partial charge in [0.15, 0.2) is 5.11 Å². The van der Waals surface area contributed by atoms with Crippen LogP contribution in [-0.4, -0.2) is 11.2 Å². The topological polar surface area (TPSA) is 38.0 Å². The molecule has 0 aromatic carbocycles. The third-order valence-corrected chi connectivity index (χ3v) is 3.18. The number of fused-ring (bicyclic) bond motifs is 2. The monoisotopic (exact) mass is 170 g/mol. The number of nitrogens with one attached hydrogen (secondary N) is 1. The van der Waals surface area contributed by atoms with E-state index in [9.17, 15) is 0 Å². The molecule has 2 fully saturated rings. The average molecular weight is 170 g/mol. The first-order valence-electron chi connectivity index (χ1n) is 4.31. The summed E-state index contributed by atoms with van der Waals surface area (Å²) in [6.07, 6.45) is 5.51. The highest BCUT2D eigenvalue weighted by molar-refractivity contribution is 7.80. The Hall–Kier alpha value is -0.310. The lowest BCUT2D eigenvalue weighted by Crippen LogP contribution is -2.41. The molecule has 0 aromatic rings. The second kappa shape index (κ2) is 2.63. The van der Waals surface area contributed by atoms with E-state index >= 15 is 0 Å². The quantitative estimate of drug-likeness (QED) is 0.577. The van der Waals surface area contributed by atoms with Crippen LogP contribution < -0.4 is 11.1 Å². The standard InChI is InChI=1S/C8H14N2S/c9-8(11)10-7-4-5-1-2-6(7)3-5/h5-7H,1-4H2,(H3,9,10,11). The van der Waals surface area contributed by atoms with Gasteiger partial charge in [-0.1, -0.05) is 6.42 Å². The molecule has 0 aliphatic heterocycles. The van der Waals surface area contributed by atoms with Crippen molar-refractivity contribution in [3.63, 3.8) is 0 Å². The Morgan fingerprint density at radius 2 is 2.18 bits per heavy atom. The summed E-state index contributed by atoms with van der Waals surface area (Å²) in [6.45, 7) is 0. The molecule has 2 nitrogen and oxygen atoms in total. The molecule has 3 N–H and O–H groups in total. The highest BCUT2D eigenvalue weighted by atomic mass is 32.1. The Labute approximate surface area is 72.5 Å². The summed E-state index contributed by atoms with van der Waals surface area (Å²) in [5.74, 6) is 1.83. The van der Waals surface area contributed by atoms with E-state index in [1.54, 1.807) is 0 Å². The number of hydrogen-bond acceptors (Lipinski definition) is 1. The highest BCUT2D eigenvalue weighted by Gasteiger charge is 2.39. The van der Waals surface area contributed by atoms with Crippen LogP contribution in [0.1, 0.15) is 25.7 Å². The molecule has 11 heavy (non-hydrogen) atoms. The zero-order valence-electron chi connectivity index (χ0n) is 6.55. The second-order valence-electron chi connectivity index (χ2n) is 3.79. The summed E-state index contributed by atoms with van der Waals surface area (Å²) >= 11 is 4.81. The van der Waals surface area contributed by atoms with Crippen LogP contribution in [-0.2, 0) is 0 Å². The molecular formula is C8H14N2S. The van der Waals surface area contributed by atoms with Crippen LogP contribution in [0.4, 0.5) is 0 Å². The average Bonchev–Trinajstić information content (AvgIpc) is 2.45. The van der Waals surface area contributed by atoms with Crippen molar-refractivity contribution >= 4 is 17.3 Å². The lowest BCUT2D eigenvalue weighted by Gasteiger charge is -2.22. The van der Waals surface area contributed by atoms with E-state index in [2.05, 4.69) is 5.32 Å². The third-order valence-electron chi connectivity index (χ3n) is 3.07. The van der Waals surface area contributed by atoms with Gasteiger partial charge in [0.1, 0.15) is 0 Å². The van der Waals surface area contributed by atoms with Crippen LogP contribution in [0.15, 0.2) is 0 Å². The molecule has 0 spiro atoms. The van der Waals surface area contributed by atoms with Crippen LogP contribution in [0, 0.1) is 11.8 Å². The first-order valence-corrected chi connectivity index (χ1v) is 4.72. The van der Waals surface area contributed by atoms with Gasteiger partial charge >= 0.3 is 0 Å². The lowest BCUT2D eigenvalue weighted by atomic mass is 9.96. The van der Waals surface area contributed by atoms with Crippen LogP contribution in [0.5, 0.6) is 0 Å². The van der Waals surface area contributed by atoms with Gasteiger partial charge < -0.3 is 11.1 Å². The van der Waals surface area contributed by atoms with Crippen molar-refractivity contribution < 1.29 is 0 Å². The maximum Gasteiger partial charge on any atom is 0.163 e. The first-order chi connectivity index (χ1) is 5.25. The van der Waals surface area contributed by atoms with Gasteiger partial charge in [0.25, 0.3) is 0 Å². The summed E-state index contributed by atoms with van der Waals surface area (Å²) in [6, 6.07) is 0.603. The number of hydrogen-bond donors (Lipinski definition) is 2. The predicted molar refractivity (Wildman–Crippen MR) is 49.2 cm³/mol. The summed E-state index contributed by atoms with van der Waals surface area (Å²) in [7, 11) is 0. The molecule has 2 rings (SSSR count). The molecule has 0 saturated heterocycles. The fourth-order valence-electron chi connectivity index (χ4n) is 2.60. The molecule has 3 heteroatoms. The summed E-state index contributed by atoms with van der Waals surface area (Å²) in [4.78, 5) is 0. The second-order valence-corrected chi connectivity index (χ2v) is 4.23. The molecule has 0 amide bonds. The van der Waals surface area contributed by atoms with Crippen molar-refractivity contribution in [3.05, 3.63) is 0 Å². The van der Waals surface area contributed by atoms with E-state index in [1.165, 1.54) is 25.7 Å². The van der Waals surface area contributed by atoms with Crippen LogP contribution >= 0.6 is 12.2 Å². The smallest absolute Gasteiger partial charge is 0.163 e. The van der Waals surface area contributed by atoms with Crippen LogP contribution in [0.3, 0.4) is 0 Å². The highest BCUT2D eigenvalue weighted by Crippen LogP contribution is 2.44. The lowest BCUT2D eigenvalue weighted by molar-refractivity contribution is 0.391. The third kappa shape index (κ3) is 1.34. The van der Waals surface area contributed by atoms with Crippen molar-refractivity contribution in [3.8, 4) is 0 Å². The fourth-order valence-corrected chi connectivity index (χ4v) is 2.76. The minimum Gasteiger partial charge on any atom is -0.376 e. The van der Waals surface area contributed by atoms with Crippen LogP contribution in [0.2, 0.25) is 0 Å². The molecule has 0 aromatic heterocycles. The van der Waals surface area contributed by atoms with Gasteiger partial charge in [-0.25, -0.2) is 0 Å². The van der Waals surface area contributed by atoms with Gasteiger partial charge in [0.05, 0.1) is 0 Å². The molecule has 2 saturated carbocycles. The van der Waals surface area contributed by atoms with Crippen LogP contribution in [0.25, 0.3) is 0 Å². The molecular weight excluding hydrogens is 156 g/mol. The Morgan fingerprint density at radius 3 is 2.64 bits per heavy atom. The maximum atomic E-state index is 5.42. The van der Waals surface area contributed by atoms with E-state index in [0.29, 0.717) is 11.2 Å². The van der Waals surface area contributed by atoms with Crippen molar-refractivity contribution in [2.24, 2.45) is 17.6 Å². The van der Waals surface area contributed by atoms with Crippen molar-refractivity contribution in [1.82, 2.24) is 5.32 Å². The Bertz CT molecular complexity index is 181. The van der Waals surface area contributed by atoms with Crippen molar-refractivity contribution in [2.45, 2.75) is 31.7 Å². The largest absolute Gasteiger partial charge is 0.376 e. The molecule has 2 aliphatic rings. The normalized spacial score (nSPS) is 40.9. The zero-order valence-corrected chi connectivity index (χ0v) is 7.36. The van der Waals surface area contributed by atoms with Gasteiger partial charge in [0, 0.05) is 6.04 Å². The van der Waals surface area contributed by atoms with Gasteiger partial charge in [0.2, 0.25) is 0 Å².